The topological polar surface area (TPSA) is 21.7 Å². The Morgan fingerprint density at radius 2 is 1.64 bits per heavy atom. The molecule has 1 heterocycles. The van der Waals surface area contributed by atoms with Crippen LogP contribution in [0, 0.1) is 0 Å². The number of piperidine rings is 1. The highest BCUT2D eigenvalue weighted by atomic mass is 28.4. The van der Waals surface area contributed by atoms with Crippen LogP contribution in [-0.4, -0.2) is 47.3 Å². The Bertz CT molecular complexity index is 156. The predicted molar refractivity (Wildman–Crippen MR) is 60.7 cm³/mol. The van der Waals surface area contributed by atoms with Crippen molar-refractivity contribution in [3.8, 4) is 0 Å². The zero-order valence-electron chi connectivity index (χ0n) is 9.71. The van der Waals surface area contributed by atoms with Crippen LogP contribution in [0.2, 0.25) is 12.6 Å². The van der Waals surface area contributed by atoms with Crippen molar-refractivity contribution in [2.24, 2.45) is 0 Å². The van der Waals surface area contributed by atoms with Gasteiger partial charge in [-0.25, -0.2) is 0 Å². The molecule has 0 aromatic carbocycles. The second kappa shape index (κ2) is 5.85. The van der Waals surface area contributed by atoms with Gasteiger partial charge in [-0.05, 0) is 32.5 Å². The second-order valence-electron chi connectivity index (χ2n) is 4.19. The first kappa shape index (κ1) is 12.2. The van der Waals surface area contributed by atoms with Crippen LogP contribution in [0.3, 0.4) is 0 Å². The van der Waals surface area contributed by atoms with Gasteiger partial charge < -0.3 is 13.8 Å². The fourth-order valence-electron chi connectivity index (χ4n) is 1.83. The van der Waals surface area contributed by atoms with E-state index in [9.17, 15) is 0 Å². The van der Waals surface area contributed by atoms with Crippen LogP contribution >= 0.6 is 0 Å². The third kappa shape index (κ3) is 3.69. The van der Waals surface area contributed by atoms with Crippen LogP contribution in [0.1, 0.15) is 19.3 Å². The Balaban J connectivity index is 2.23. The lowest BCUT2D eigenvalue weighted by Gasteiger charge is -2.30. The molecule has 4 heteroatoms. The third-order valence-electron chi connectivity index (χ3n) is 3.19. The standard InChI is InChI=1S/C10H23NO2Si/c1-12-14(3,13-2)10-9-11-7-5-4-6-8-11/h4-10H2,1-3H3. The number of likely N-dealkylation sites (tertiary alicyclic amines) is 1. The SMILES string of the molecule is CO[Si](C)(CCN1CCCCC1)OC. The molecule has 14 heavy (non-hydrogen) atoms. The Morgan fingerprint density at radius 3 is 2.14 bits per heavy atom. The summed E-state index contributed by atoms with van der Waals surface area (Å²) in [5, 5.41) is 0. The van der Waals surface area contributed by atoms with E-state index in [-0.39, 0.29) is 0 Å². The van der Waals surface area contributed by atoms with Gasteiger partial charge >= 0.3 is 8.56 Å². The second-order valence-corrected chi connectivity index (χ2v) is 7.78. The molecule has 0 aromatic heterocycles. The summed E-state index contributed by atoms with van der Waals surface area (Å²) in [4.78, 5) is 2.53. The largest absolute Gasteiger partial charge is 0.398 e. The van der Waals surface area contributed by atoms with Crippen molar-refractivity contribution in [3.63, 3.8) is 0 Å². The highest BCUT2D eigenvalue weighted by molar-refractivity contribution is 6.66. The molecule has 0 spiro atoms. The van der Waals surface area contributed by atoms with E-state index in [4.69, 9.17) is 8.85 Å². The van der Waals surface area contributed by atoms with Gasteiger partial charge in [-0.3, -0.25) is 0 Å². The summed E-state index contributed by atoms with van der Waals surface area (Å²) >= 11 is 0. The normalized spacial score (nSPS) is 19.9. The minimum atomic E-state index is -1.82. The maximum atomic E-state index is 5.47. The van der Waals surface area contributed by atoms with Crippen LogP contribution in [-0.2, 0) is 8.85 Å². The van der Waals surface area contributed by atoms with Gasteiger partial charge in [-0.15, -0.1) is 0 Å². The average molecular weight is 217 g/mol. The molecule has 1 rings (SSSR count). The Kier molecular flexibility index (Phi) is 5.09. The van der Waals surface area contributed by atoms with Crippen molar-refractivity contribution in [2.75, 3.05) is 33.9 Å². The van der Waals surface area contributed by atoms with Gasteiger partial charge in [0, 0.05) is 26.8 Å². The van der Waals surface area contributed by atoms with E-state index in [0.29, 0.717) is 0 Å². The van der Waals surface area contributed by atoms with Crippen molar-refractivity contribution < 1.29 is 8.85 Å². The highest BCUT2D eigenvalue weighted by Gasteiger charge is 2.29. The monoisotopic (exact) mass is 217 g/mol. The number of hydrogen-bond acceptors (Lipinski definition) is 3. The molecular weight excluding hydrogens is 194 g/mol. The third-order valence-corrected chi connectivity index (χ3v) is 6.05. The zero-order chi connectivity index (χ0) is 10.4. The van der Waals surface area contributed by atoms with E-state index in [2.05, 4.69) is 11.4 Å². The smallest absolute Gasteiger partial charge is 0.335 e. The van der Waals surface area contributed by atoms with E-state index < -0.39 is 8.56 Å². The summed E-state index contributed by atoms with van der Waals surface area (Å²) in [5.74, 6) is 0. The molecule has 0 N–H and O–H groups in total. The molecule has 0 bridgehead atoms. The van der Waals surface area contributed by atoms with E-state index in [1.807, 2.05) is 0 Å². The Labute approximate surface area is 88.6 Å². The van der Waals surface area contributed by atoms with E-state index in [0.717, 1.165) is 12.6 Å². The van der Waals surface area contributed by atoms with Crippen molar-refractivity contribution in [1.29, 1.82) is 0 Å². The van der Waals surface area contributed by atoms with Crippen molar-refractivity contribution in [1.82, 2.24) is 4.90 Å². The van der Waals surface area contributed by atoms with Crippen molar-refractivity contribution in [3.05, 3.63) is 0 Å². The molecule has 0 unspecified atom stereocenters. The quantitative estimate of drug-likeness (QED) is 0.656. The van der Waals surface area contributed by atoms with Gasteiger partial charge in [0.1, 0.15) is 0 Å². The number of rotatable bonds is 5. The molecule has 0 aromatic rings. The lowest BCUT2D eigenvalue weighted by atomic mass is 10.1. The summed E-state index contributed by atoms with van der Waals surface area (Å²) in [6, 6.07) is 1.08. The molecule has 1 fully saturated rings. The molecule has 0 amide bonds. The van der Waals surface area contributed by atoms with Gasteiger partial charge in [-0.2, -0.15) is 0 Å². The minimum Gasteiger partial charge on any atom is -0.398 e. The number of nitrogens with zero attached hydrogens (tertiary/aromatic N) is 1. The summed E-state index contributed by atoms with van der Waals surface area (Å²) < 4.78 is 10.9. The van der Waals surface area contributed by atoms with Crippen LogP contribution in [0.25, 0.3) is 0 Å². The van der Waals surface area contributed by atoms with Gasteiger partial charge in [-0.1, -0.05) is 6.42 Å². The molecule has 0 aliphatic carbocycles. The summed E-state index contributed by atoms with van der Waals surface area (Å²) in [6.45, 7) is 5.80. The molecule has 84 valence electrons. The van der Waals surface area contributed by atoms with E-state index >= 15 is 0 Å². The first-order valence-corrected chi connectivity index (χ1v) is 8.05. The molecule has 1 aliphatic rings. The zero-order valence-corrected chi connectivity index (χ0v) is 10.7. The molecular formula is C10H23NO2Si. The first-order valence-electron chi connectivity index (χ1n) is 5.53. The summed E-state index contributed by atoms with van der Waals surface area (Å²) in [6.07, 6.45) is 4.12. The van der Waals surface area contributed by atoms with Crippen LogP contribution in [0.4, 0.5) is 0 Å². The lowest BCUT2D eigenvalue weighted by Crippen LogP contribution is -2.41. The predicted octanol–water partition coefficient (Wildman–Crippen LogP) is 1.84. The Morgan fingerprint density at radius 1 is 1.07 bits per heavy atom. The van der Waals surface area contributed by atoms with Gasteiger partial charge in [0.15, 0.2) is 0 Å². The van der Waals surface area contributed by atoms with E-state index in [1.165, 1.54) is 32.4 Å². The van der Waals surface area contributed by atoms with E-state index in [1.54, 1.807) is 14.2 Å². The summed E-state index contributed by atoms with van der Waals surface area (Å²) in [7, 11) is 1.72. The lowest BCUT2D eigenvalue weighted by molar-refractivity contribution is 0.212. The van der Waals surface area contributed by atoms with Gasteiger partial charge in [0.25, 0.3) is 0 Å². The minimum absolute atomic E-state index is 1.08. The van der Waals surface area contributed by atoms with Crippen LogP contribution in [0.5, 0.6) is 0 Å². The average Bonchev–Trinajstić information content (AvgIpc) is 2.27. The fourth-order valence-corrected chi connectivity index (χ4v) is 3.13. The Hall–Kier alpha value is 0.0969. The molecule has 1 saturated heterocycles. The highest BCUT2D eigenvalue weighted by Crippen LogP contribution is 2.15. The maximum absolute atomic E-state index is 5.47. The van der Waals surface area contributed by atoms with Crippen molar-refractivity contribution in [2.45, 2.75) is 31.9 Å². The molecule has 0 radical (unpaired) electrons. The molecule has 3 nitrogen and oxygen atoms in total. The van der Waals surface area contributed by atoms with Crippen LogP contribution in [0.15, 0.2) is 0 Å². The first-order chi connectivity index (χ1) is 6.70. The number of hydrogen-bond donors (Lipinski definition) is 0. The van der Waals surface area contributed by atoms with Gasteiger partial charge in [0.2, 0.25) is 0 Å². The maximum Gasteiger partial charge on any atom is 0.335 e. The molecule has 0 atom stereocenters. The van der Waals surface area contributed by atoms with Crippen molar-refractivity contribution >= 4 is 8.56 Å². The molecule has 0 saturated carbocycles. The van der Waals surface area contributed by atoms with Crippen LogP contribution < -0.4 is 0 Å². The van der Waals surface area contributed by atoms with Gasteiger partial charge in [0.05, 0.1) is 0 Å². The summed E-state index contributed by atoms with van der Waals surface area (Å²) in [5.41, 5.74) is 0. The molecule has 1 aliphatic heterocycles. The fraction of sp³-hybridized carbons (Fsp3) is 1.00.